The highest BCUT2D eigenvalue weighted by Gasteiger charge is 2.27. The van der Waals surface area contributed by atoms with Crippen LogP contribution in [-0.4, -0.2) is 17.5 Å². The molecule has 1 fully saturated rings. The zero-order chi connectivity index (χ0) is 17.6. The van der Waals surface area contributed by atoms with Gasteiger partial charge in [-0.25, -0.2) is 9.18 Å². The number of halogens is 1. The van der Waals surface area contributed by atoms with Gasteiger partial charge in [-0.15, -0.1) is 0 Å². The van der Waals surface area contributed by atoms with Crippen LogP contribution in [0.25, 0.3) is 0 Å². The summed E-state index contributed by atoms with van der Waals surface area (Å²) < 4.78 is 13.7. The van der Waals surface area contributed by atoms with Gasteiger partial charge in [-0.2, -0.15) is 0 Å². The molecule has 0 spiro atoms. The number of benzene rings is 2. The quantitative estimate of drug-likeness (QED) is 0.782. The molecular weight excluding hydrogens is 315 g/mol. The van der Waals surface area contributed by atoms with Crippen LogP contribution in [0.3, 0.4) is 0 Å². The second-order valence-electron chi connectivity index (χ2n) is 6.59. The van der Waals surface area contributed by atoms with Gasteiger partial charge in [0.2, 0.25) is 0 Å². The molecule has 0 saturated carbocycles. The summed E-state index contributed by atoms with van der Waals surface area (Å²) in [5.41, 5.74) is 2.91. The van der Waals surface area contributed by atoms with E-state index in [1.807, 2.05) is 35.2 Å². The summed E-state index contributed by atoms with van der Waals surface area (Å²) in [6, 6.07) is 14.4. The Hall–Kier alpha value is -2.36. The van der Waals surface area contributed by atoms with Gasteiger partial charge in [0.05, 0.1) is 6.04 Å². The Bertz CT molecular complexity index is 714. The fourth-order valence-electron chi connectivity index (χ4n) is 3.43. The summed E-state index contributed by atoms with van der Waals surface area (Å²) in [6.07, 6.45) is 4.97. The lowest BCUT2D eigenvalue weighted by Gasteiger charge is -2.30. The molecule has 0 radical (unpaired) electrons. The Labute approximate surface area is 148 Å². The molecule has 132 valence electrons. The van der Waals surface area contributed by atoms with Gasteiger partial charge >= 0.3 is 6.03 Å². The molecule has 2 amide bonds. The van der Waals surface area contributed by atoms with E-state index in [1.165, 1.54) is 11.6 Å². The number of nitrogens with one attached hydrogen (secondary N) is 1. The first-order valence-corrected chi connectivity index (χ1v) is 9.09. The first-order valence-electron chi connectivity index (χ1n) is 9.09. The van der Waals surface area contributed by atoms with Crippen molar-refractivity contribution < 1.29 is 9.18 Å². The third kappa shape index (κ3) is 4.38. The lowest BCUT2D eigenvalue weighted by molar-refractivity contribution is 0.189. The number of urea groups is 1. The van der Waals surface area contributed by atoms with Crippen LogP contribution in [-0.2, 0) is 6.42 Å². The summed E-state index contributed by atoms with van der Waals surface area (Å²) in [5, 5.41) is 3.00. The Balaban J connectivity index is 1.79. The molecule has 0 unspecified atom stereocenters. The standard InChI is InChI=1S/C21H25FN2O/c1-2-16-10-12-19(13-11-16)23-21(25)24-14-5-3-4-9-20(24)17-7-6-8-18(22)15-17/h6-8,10-13,15,20H,2-5,9,14H2,1H3,(H,23,25)/t20-/m0/s1. The smallest absolute Gasteiger partial charge is 0.317 e. The number of anilines is 1. The van der Waals surface area contributed by atoms with Crippen molar-refractivity contribution in [2.75, 3.05) is 11.9 Å². The number of aryl methyl sites for hydroxylation is 1. The van der Waals surface area contributed by atoms with E-state index >= 15 is 0 Å². The normalized spacial score (nSPS) is 17.8. The lowest BCUT2D eigenvalue weighted by atomic mass is 10.0. The van der Waals surface area contributed by atoms with Gasteiger partial charge in [0.25, 0.3) is 0 Å². The minimum absolute atomic E-state index is 0.0758. The Morgan fingerprint density at radius 1 is 1.16 bits per heavy atom. The van der Waals surface area contributed by atoms with E-state index in [1.54, 1.807) is 12.1 Å². The van der Waals surface area contributed by atoms with Crippen LogP contribution in [0.5, 0.6) is 0 Å². The molecule has 0 aromatic heterocycles. The highest BCUT2D eigenvalue weighted by molar-refractivity contribution is 5.89. The van der Waals surface area contributed by atoms with E-state index in [2.05, 4.69) is 12.2 Å². The van der Waals surface area contributed by atoms with Gasteiger partial charge in [0.15, 0.2) is 0 Å². The van der Waals surface area contributed by atoms with Crippen LogP contribution in [0.15, 0.2) is 48.5 Å². The van der Waals surface area contributed by atoms with Gasteiger partial charge in [0, 0.05) is 12.2 Å². The predicted octanol–water partition coefficient (Wildman–Crippen LogP) is 5.54. The van der Waals surface area contributed by atoms with Crippen molar-refractivity contribution in [3.63, 3.8) is 0 Å². The van der Waals surface area contributed by atoms with Crippen molar-refractivity contribution in [2.45, 2.75) is 45.1 Å². The maximum absolute atomic E-state index is 13.7. The van der Waals surface area contributed by atoms with Crippen molar-refractivity contribution in [3.05, 3.63) is 65.5 Å². The van der Waals surface area contributed by atoms with Crippen LogP contribution in [0.1, 0.15) is 49.8 Å². The van der Waals surface area contributed by atoms with Crippen molar-refractivity contribution in [2.24, 2.45) is 0 Å². The molecule has 3 rings (SSSR count). The molecule has 2 aromatic rings. The van der Waals surface area contributed by atoms with E-state index in [9.17, 15) is 9.18 Å². The SMILES string of the molecule is CCc1ccc(NC(=O)N2CCCCC[C@H]2c2cccc(F)c2)cc1. The summed E-state index contributed by atoms with van der Waals surface area (Å²) in [4.78, 5) is 14.7. The van der Waals surface area contributed by atoms with Gasteiger partial charge in [0.1, 0.15) is 5.82 Å². The van der Waals surface area contributed by atoms with Crippen LogP contribution >= 0.6 is 0 Å². The van der Waals surface area contributed by atoms with E-state index in [4.69, 9.17) is 0 Å². The molecule has 25 heavy (non-hydrogen) atoms. The average molecular weight is 340 g/mol. The highest BCUT2D eigenvalue weighted by atomic mass is 19.1. The van der Waals surface area contributed by atoms with Crippen LogP contribution in [0, 0.1) is 5.82 Å². The third-order valence-corrected chi connectivity index (χ3v) is 4.86. The van der Waals surface area contributed by atoms with Gasteiger partial charge in [-0.1, -0.05) is 44.0 Å². The zero-order valence-electron chi connectivity index (χ0n) is 14.7. The summed E-state index contributed by atoms with van der Waals surface area (Å²) in [6.45, 7) is 2.80. The summed E-state index contributed by atoms with van der Waals surface area (Å²) in [5.74, 6) is -0.253. The van der Waals surface area contributed by atoms with Crippen LogP contribution < -0.4 is 5.32 Å². The molecule has 1 aliphatic rings. The number of hydrogen-bond donors (Lipinski definition) is 1. The molecule has 0 bridgehead atoms. The summed E-state index contributed by atoms with van der Waals surface area (Å²) in [7, 11) is 0. The molecule has 3 nitrogen and oxygen atoms in total. The van der Waals surface area contributed by atoms with Crippen molar-refractivity contribution in [3.8, 4) is 0 Å². The zero-order valence-corrected chi connectivity index (χ0v) is 14.7. The predicted molar refractivity (Wildman–Crippen MR) is 99.2 cm³/mol. The highest BCUT2D eigenvalue weighted by Crippen LogP contribution is 2.31. The molecule has 1 aliphatic heterocycles. The number of carbonyl (C=O) groups excluding carboxylic acids is 1. The third-order valence-electron chi connectivity index (χ3n) is 4.86. The molecule has 4 heteroatoms. The molecule has 1 atom stereocenters. The Kier molecular flexibility index (Phi) is 5.69. The number of amides is 2. The first-order chi connectivity index (χ1) is 12.2. The summed E-state index contributed by atoms with van der Waals surface area (Å²) >= 11 is 0. The second-order valence-corrected chi connectivity index (χ2v) is 6.59. The Morgan fingerprint density at radius 2 is 1.96 bits per heavy atom. The molecular formula is C21H25FN2O. The van der Waals surface area contributed by atoms with Crippen molar-refractivity contribution in [1.29, 1.82) is 0 Å². The van der Waals surface area contributed by atoms with E-state index < -0.39 is 0 Å². The molecule has 1 saturated heterocycles. The average Bonchev–Trinajstić information content (AvgIpc) is 2.88. The van der Waals surface area contributed by atoms with Crippen LogP contribution in [0.4, 0.5) is 14.9 Å². The van der Waals surface area contributed by atoms with E-state index in [0.29, 0.717) is 6.54 Å². The molecule has 1 heterocycles. The fourth-order valence-corrected chi connectivity index (χ4v) is 3.43. The van der Waals surface area contributed by atoms with Gasteiger partial charge < -0.3 is 10.2 Å². The largest absolute Gasteiger partial charge is 0.322 e. The number of hydrogen-bond acceptors (Lipinski definition) is 1. The van der Waals surface area contributed by atoms with E-state index in [-0.39, 0.29) is 17.9 Å². The second kappa shape index (κ2) is 8.15. The number of rotatable bonds is 3. The number of nitrogens with zero attached hydrogens (tertiary/aromatic N) is 1. The molecule has 0 aliphatic carbocycles. The van der Waals surface area contributed by atoms with Crippen LogP contribution in [0.2, 0.25) is 0 Å². The molecule has 2 aromatic carbocycles. The fraction of sp³-hybridized carbons (Fsp3) is 0.381. The Morgan fingerprint density at radius 3 is 2.68 bits per heavy atom. The van der Waals surface area contributed by atoms with Gasteiger partial charge in [-0.3, -0.25) is 0 Å². The van der Waals surface area contributed by atoms with Crippen molar-refractivity contribution in [1.82, 2.24) is 4.90 Å². The topological polar surface area (TPSA) is 32.3 Å². The number of carbonyl (C=O) groups is 1. The van der Waals surface area contributed by atoms with Crippen molar-refractivity contribution >= 4 is 11.7 Å². The number of likely N-dealkylation sites (tertiary alicyclic amines) is 1. The van der Waals surface area contributed by atoms with E-state index in [0.717, 1.165) is 43.4 Å². The minimum atomic E-state index is -0.253. The lowest BCUT2D eigenvalue weighted by Crippen LogP contribution is -2.38. The molecule has 1 N–H and O–H groups in total. The maximum atomic E-state index is 13.7. The first kappa shape index (κ1) is 17.5. The monoisotopic (exact) mass is 340 g/mol. The minimum Gasteiger partial charge on any atom is -0.317 e. The maximum Gasteiger partial charge on any atom is 0.322 e. The van der Waals surface area contributed by atoms with Gasteiger partial charge in [-0.05, 0) is 54.7 Å².